The maximum atomic E-state index is 12.9. The zero-order chi connectivity index (χ0) is 59.9. The second-order valence-electron chi connectivity index (χ2n) is 26.6. The molecule has 0 saturated heterocycles. The Balaban J connectivity index is 3.89. The molecule has 1 atom stereocenters. The molecular formula is C77H150O6. The van der Waals surface area contributed by atoms with Crippen LogP contribution in [-0.4, -0.2) is 37.2 Å². The maximum Gasteiger partial charge on any atom is 0.306 e. The van der Waals surface area contributed by atoms with E-state index < -0.39 is 6.10 Å². The number of carbonyl (C=O) groups excluding carboxylic acids is 3. The first-order valence-electron chi connectivity index (χ1n) is 38.5. The Morgan fingerprint density at radius 2 is 0.325 bits per heavy atom. The van der Waals surface area contributed by atoms with Crippen LogP contribution in [0.15, 0.2) is 0 Å². The highest BCUT2D eigenvalue weighted by atomic mass is 16.6. The fraction of sp³-hybridized carbons (Fsp3) is 0.961. The third-order valence-corrected chi connectivity index (χ3v) is 18.1. The summed E-state index contributed by atoms with van der Waals surface area (Å²) in [6.45, 7) is 6.68. The van der Waals surface area contributed by atoms with E-state index in [4.69, 9.17) is 14.2 Å². The van der Waals surface area contributed by atoms with E-state index in [1.165, 1.54) is 360 Å². The highest BCUT2D eigenvalue weighted by Crippen LogP contribution is 2.20. The Morgan fingerprint density at radius 1 is 0.193 bits per heavy atom. The molecule has 0 aliphatic carbocycles. The van der Waals surface area contributed by atoms with Crippen molar-refractivity contribution in [3.8, 4) is 0 Å². The molecule has 494 valence electrons. The van der Waals surface area contributed by atoms with E-state index in [0.717, 1.165) is 57.8 Å². The number of hydrogen-bond acceptors (Lipinski definition) is 6. The van der Waals surface area contributed by atoms with Crippen molar-refractivity contribution in [3.63, 3.8) is 0 Å². The Kier molecular flexibility index (Phi) is 71.5. The third-order valence-electron chi connectivity index (χ3n) is 18.1. The molecule has 0 bridgehead atoms. The molecule has 0 amide bonds. The number of unbranched alkanes of at least 4 members (excludes halogenated alkanes) is 62. The zero-order valence-corrected chi connectivity index (χ0v) is 57.0. The summed E-state index contributed by atoms with van der Waals surface area (Å²) in [6.07, 6.45) is 87.9. The van der Waals surface area contributed by atoms with E-state index in [9.17, 15) is 14.4 Å². The van der Waals surface area contributed by atoms with Crippen LogP contribution in [-0.2, 0) is 28.6 Å². The minimum Gasteiger partial charge on any atom is -0.462 e. The lowest BCUT2D eigenvalue weighted by Crippen LogP contribution is -2.30. The van der Waals surface area contributed by atoms with Crippen molar-refractivity contribution >= 4 is 17.9 Å². The van der Waals surface area contributed by atoms with Crippen molar-refractivity contribution in [2.24, 2.45) is 0 Å². The van der Waals surface area contributed by atoms with Crippen LogP contribution in [0.1, 0.15) is 457 Å². The van der Waals surface area contributed by atoms with Gasteiger partial charge < -0.3 is 14.2 Å². The van der Waals surface area contributed by atoms with Gasteiger partial charge in [-0.25, -0.2) is 0 Å². The standard InChI is InChI=1S/C77H150O6/c1-4-7-10-13-16-18-20-22-24-26-28-30-32-34-36-38-40-41-43-45-47-49-51-53-55-57-59-61-64-67-70-76(79)82-73-74(72-81-75(78)69-66-63-15-12-9-6-3)83-77(80)71-68-65-62-60-58-56-54-52-50-48-46-44-42-39-37-35-33-31-29-27-25-23-21-19-17-14-11-8-5-2/h74H,4-73H2,1-3H3. The summed E-state index contributed by atoms with van der Waals surface area (Å²) in [5.41, 5.74) is 0. The summed E-state index contributed by atoms with van der Waals surface area (Å²) in [5.74, 6) is -0.834. The quantitative estimate of drug-likeness (QED) is 0.0343. The van der Waals surface area contributed by atoms with Gasteiger partial charge in [0.1, 0.15) is 13.2 Å². The Labute approximate surface area is 520 Å². The third kappa shape index (κ3) is 71.1. The predicted octanol–water partition coefficient (Wildman–Crippen LogP) is 26.6. The molecule has 0 heterocycles. The Hall–Kier alpha value is -1.59. The average molecular weight is 1170 g/mol. The highest BCUT2D eigenvalue weighted by Gasteiger charge is 2.20. The molecule has 6 nitrogen and oxygen atoms in total. The fourth-order valence-corrected chi connectivity index (χ4v) is 12.3. The Morgan fingerprint density at radius 3 is 0.482 bits per heavy atom. The summed E-state index contributed by atoms with van der Waals surface area (Å²) in [7, 11) is 0. The van der Waals surface area contributed by atoms with Crippen LogP contribution in [0.25, 0.3) is 0 Å². The van der Waals surface area contributed by atoms with Crippen molar-refractivity contribution < 1.29 is 28.6 Å². The van der Waals surface area contributed by atoms with E-state index in [-0.39, 0.29) is 31.1 Å². The van der Waals surface area contributed by atoms with Crippen LogP contribution in [0.5, 0.6) is 0 Å². The smallest absolute Gasteiger partial charge is 0.306 e. The molecule has 0 aliphatic rings. The maximum absolute atomic E-state index is 12.9. The van der Waals surface area contributed by atoms with Gasteiger partial charge in [0.15, 0.2) is 6.10 Å². The van der Waals surface area contributed by atoms with Crippen LogP contribution in [0.3, 0.4) is 0 Å². The SMILES string of the molecule is CCCCCCCCCCCCCCCCCCCCCCCCCCCCCCCCC(=O)OCC(COC(=O)CCCCCCCC)OC(=O)CCCCCCCCCCCCCCCCCCCCCCCCCCCCCCC. The first-order chi connectivity index (χ1) is 41.0. The van der Waals surface area contributed by atoms with Crippen LogP contribution in [0.4, 0.5) is 0 Å². The van der Waals surface area contributed by atoms with E-state index >= 15 is 0 Å². The fourth-order valence-electron chi connectivity index (χ4n) is 12.3. The summed E-state index contributed by atoms with van der Waals surface area (Å²) in [5, 5.41) is 0. The molecule has 0 aliphatic heterocycles. The predicted molar refractivity (Wildman–Crippen MR) is 363 cm³/mol. The molecule has 0 N–H and O–H groups in total. The van der Waals surface area contributed by atoms with Crippen molar-refractivity contribution in [2.45, 2.75) is 463 Å². The van der Waals surface area contributed by atoms with Gasteiger partial charge in [0.25, 0.3) is 0 Å². The number of esters is 3. The lowest BCUT2D eigenvalue weighted by atomic mass is 10.0. The van der Waals surface area contributed by atoms with Gasteiger partial charge in [0, 0.05) is 19.3 Å². The number of carbonyl (C=O) groups is 3. The lowest BCUT2D eigenvalue weighted by molar-refractivity contribution is -0.167. The van der Waals surface area contributed by atoms with E-state index in [0.29, 0.717) is 19.3 Å². The molecule has 83 heavy (non-hydrogen) atoms. The van der Waals surface area contributed by atoms with Gasteiger partial charge in [-0.1, -0.05) is 419 Å². The van der Waals surface area contributed by atoms with Crippen molar-refractivity contribution in [1.29, 1.82) is 0 Å². The van der Waals surface area contributed by atoms with E-state index in [1.54, 1.807) is 0 Å². The van der Waals surface area contributed by atoms with Gasteiger partial charge in [-0.15, -0.1) is 0 Å². The summed E-state index contributed by atoms with van der Waals surface area (Å²) in [4.78, 5) is 38.2. The first kappa shape index (κ1) is 81.4. The van der Waals surface area contributed by atoms with Gasteiger partial charge in [0.2, 0.25) is 0 Å². The van der Waals surface area contributed by atoms with Crippen molar-refractivity contribution in [3.05, 3.63) is 0 Å². The molecular weight excluding hydrogens is 1020 g/mol. The largest absolute Gasteiger partial charge is 0.462 e. The highest BCUT2D eigenvalue weighted by molar-refractivity contribution is 5.71. The van der Waals surface area contributed by atoms with Crippen LogP contribution >= 0.6 is 0 Å². The minimum atomic E-state index is -0.762. The first-order valence-corrected chi connectivity index (χ1v) is 38.5. The summed E-state index contributed by atoms with van der Waals surface area (Å²) in [6, 6.07) is 0. The Bertz CT molecular complexity index is 1250. The normalized spacial score (nSPS) is 11.9. The number of ether oxygens (including phenoxy) is 3. The molecule has 1 unspecified atom stereocenters. The van der Waals surface area contributed by atoms with Gasteiger partial charge >= 0.3 is 17.9 Å². The van der Waals surface area contributed by atoms with Crippen LogP contribution in [0.2, 0.25) is 0 Å². The molecule has 6 heteroatoms. The summed E-state index contributed by atoms with van der Waals surface area (Å²) >= 11 is 0. The van der Waals surface area contributed by atoms with Gasteiger partial charge in [-0.05, 0) is 19.3 Å². The molecule has 0 rings (SSSR count). The number of hydrogen-bond donors (Lipinski definition) is 0. The topological polar surface area (TPSA) is 78.9 Å². The molecule has 0 radical (unpaired) electrons. The summed E-state index contributed by atoms with van der Waals surface area (Å²) < 4.78 is 16.9. The van der Waals surface area contributed by atoms with Gasteiger partial charge in [-0.3, -0.25) is 14.4 Å². The molecule has 0 saturated carbocycles. The molecule has 0 spiro atoms. The molecule has 0 aromatic carbocycles. The molecule has 0 aromatic heterocycles. The second-order valence-corrected chi connectivity index (χ2v) is 26.6. The zero-order valence-electron chi connectivity index (χ0n) is 57.0. The molecule has 0 aromatic rings. The lowest BCUT2D eigenvalue weighted by Gasteiger charge is -2.18. The van der Waals surface area contributed by atoms with E-state index in [2.05, 4.69) is 20.8 Å². The van der Waals surface area contributed by atoms with Crippen molar-refractivity contribution in [2.75, 3.05) is 13.2 Å². The minimum absolute atomic E-state index is 0.0615. The van der Waals surface area contributed by atoms with Crippen molar-refractivity contribution in [1.82, 2.24) is 0 Å². The van der Waals surface area contributed by atoms with Gasteiger partial charge in [-0.2, -0.15) is 0 Å². The second kappa shape index (κ2) is 72.9. The average Bonchev–Trinajstić information content (AvgIpc) is 3.48. The van der Waals surface area contributed by atoms with Crippen LogP contribution in [0, 0.1) is 0 Å². The van der Waals surface area contributed by atoms with Gasteiger partial charge in [0.05, 0.1) is 0 Å². The molecule has 0 fully saturated rings. The van der Waals surface area contributed by atoms with E-state index in [1.807, 2.05) is 0 Å². The number of rotatable bonds is 73. The monoisotopic (exact) mass is 1170 g/mol. The van der Waals surface area contributed by atoms with Crippen LogP contribution < -0.4 is 0 Å².